The summed E-state index contributed by atoms with van der Waals surface area (Å²) in [5.41, 5.74) is 1.14. The Morgan fingerprint density at radius 1 is 1.35 bits per heavy atom. The van der Waals surface area contributed by atoms with Crippen molar-refractivity contribution < 1.29 is 9.15 Å². The van der Waals surface area contributed by atoms with Crippen LogP contribution >= 0.6 is 22.6 Å². The number of rotatable bonds is 5. The van der Waals surface area contributed by atoms with Crippen molar-refractivity contribution in [1.82, 2.24) is 5.32 Å². The number of nitrogens with one attached hydrogen (secondary N) is 1. The second kappa shape index (κ2) is 6.07. The predicted octanol–water partition coefficient (Wildman–Crippen LogP) is 3.18. The van der Waals surface area contributed by atoms with E-state index in [9.17, 15) is 0 Å². The van der Waals surface area contributed by atoms with Crippen LogP contribution in [0.5, 0.6) is 5.75 Å². The summed E-state index contributed by atoms with van der Waals surface area (Å²) in [5, 5.41) is 3.10. The maximum absolute atomic E-state index is 5.69. The number of ether oxygens (including phenoxy) is 1. The average molecular weight is 343 g/mol. The molecule has 0 atom stereocenters. The van der Waals surface area contributed by atoms with Crippen molar-refractivity contribution in [2.24, 2.45) is 0 Å². The van der Waals surface area contributed by atoms with Gasteiger partial charge in [-0.2, -0.15) is 0 Å². The quantitative estimate of drug-likeness (QED) is 0.847. The van der Waals surface area contributed by atoms with Crippen LogP contribution in [0.4, 0.5) is 0 Å². The fourth-order valence-corrected chi connectivity index (χ4v) is 2.06. The minimum absolute atomic E-state index is 0.462. The van der Waals surface area contributed by atoms with Gasteiger partial charge in [0.1, 0.15) is 18.1 Å². The Morgan fingerprint density at radius 3 is 3.00 bits per heavy atom. The molecule has 1 N–H and O–H groups in total. The highest BCUT2D eigenvalue weighted by atomic mass is 127. The highest BCUT2D eigenvalue weighted by Crippen LogP contribution is 2.18. The van der Waals surface area contributed by atoms with Crippen LogP contribution in [0, 0.1) is 3.57 Å². The third kappa shape index (κ3) is 3.47. The van der Waals surface area contributed by atoms with Crippen molar-refractivity contribution in [3.63, 3.8) is 0 Å². The lowest BCUT2D eigenvalue weighted by atomic mass is 10.2. The van der Waals surface area contributed by atoms with Crippen LogP contribution < -0.4 is 10.1 Å². The van der Waals surface area contributed by atoms with Crippen LogP contribution in [0.1, 0.15) is 11.3 Å². The first-order valence-electron chi connectivity index (χ1n) is 5.38. The fourth-order valence-electron chi connectivity index (χ4n) is 1.55. The molecule has 0 saturated carbocycles. The Kier molecular flexibility index (Phi) is 4.44. The molecule has 2 rings (SSSR count). The van der Waals surface area contributed by atoms with Gasteiger partial charge < -0.3 is 14.5 Å². The fraction of sp³-hybridized carbons (Fsp3) is 0.231. The molecule has 0 radical (unpaired) electrons. The van der Waals surface area contributed by atoms with Crippen molar-refractivity contribution >= 4 is 22.6 Å². The van der Waals surface area contributed by atoms with E-state index >= 15 is 0 Å². The molecule has 1 heterocycles. The van der Waals surface area contributed by atoms with Crippen LogP contribution in [0.3, 0.4) is 0 Å². The van der Waals surface area contributed by atoms with E-state index in [4.69, 9.17) is 9.15 Å². The zero-order valence-electron chi connectivity index (χ0n) is 9.57. The molecule has 90 valence electrons. The van der Waals surface area contributed by atoms with Crippen molar-refractivity contribution in [2.75, 3.05) is 7.05 Å². The van der Waals surface area contributed by atoms with Crippen LogP contribution in [-0.2, 0) is 13.2 Å². The lowest BCUT2D eigenvalue weighted by Gasteiger charge is -2.06. The lowest BCUT2D eigenvalue weighted by Crippen LogP contribution is -2.07. The van der Waals surface area contributed by atoms with Crippen LogP contribution in [0.25, 0.3) is 0 Å². The van der Waals surface area contributed by atoms with Gasteiger partial charge in [-0.25, -0.2) is 0 Å². The number of halogens is 1. The highest BCUT2D eigenvalue weighted by Gasteiger charge is 2.06. The molecule has 0 aliphatic heterocycles. The van der Waals surface area contributed by atoms with Gasteiger partial charge >= 0.3 is 0 Å². The van der Waals surface area contributed by atoms with Gasteiger partial charge in [0.05, 0.1) is 6.26 Å². The van der Waals surface area contributed by atoms with Crippen molar-refractivity contribution in [3.8, 4) is 5.75 Å². The maximum atomic E-state index is 5.69. The van der Waals surface area contributed by atoms with Gasteiger partial charge in [0.25, 0.3) is 0 Å². The van der Waals surface area contributed by atoms with Gasteiger partial charge in [0, 0.05) is 15.7 Å². The first-order chi connectivity index (χ1) is 8.29. The summed E-state index contributed by atoms with van der Waals surface area (Å²) >= 11 is 2.27. The molecule has 0 aliphatic rings. The summed E-state index contributed by atoms with van der Waals surface area (Å²) in [7, 11) is 1.91. The Morgan fingerprint density at radius 2 is 2.24 bits per heavy atom. The van der Waals surface area contributed by atoms with E-state index in [1.165, 1.54) is 0 Å². The molecule has 0 saturated heterocycles. The second-order valence-electron chi connectivity index (χ2n) is 3.65. The normalized spacial score (nSPS) is 10.5. The number of benzene rings is 1. The number of furan rings is 1. The van der Waals surface area contributed by atoms with Crippen molar-refractivity contribution in [2.45, 2.75) is 13.2 Å². The van der Waals surface area contributed by atoms with Crippen LogP contribution in [0.2, 0.25) is 0 Å². The van der Waals surface area contributed by atoms with Gasteiger partial charge in [0.15, 0.2) is 0 Å². The molecule has 0 unspecified atom stereocenters. The first-order valence-corrected chi connectivity index (χ1v) is 6.45. The smallest absolute Gasteiger partial charge is 0.146 e. The van der Waals surface area contributed by atoms with E-state index < -0.39 is 0 Å². The lowest BCUT2D eigenvalue weighted by molar-refractivity contribution is 0.268. The Hall–Kier alpha value is -1.01. The van der Waals surface area contributed by atoms with Gasteiger partial charge in [-0.05, 0) is 53.9 Å². The summed E-state index contributed by atoms with van der Waals surface area (Å²) in [6.07, 6.45) is 1.69. The van der Waals surface area contributed by atoms with E-state index in [2.05, 4.69) is 27.9 Å². The summed E-state index contributed by atoms with van der Waals surface area (Å²) in [6, 6.07) is 9.93. The van der Waals surface area contributed by atoms with Crippen LogP contribution in [0.15, 0.2) is 41.0 Å². The molecule has 1 aromatic carbocycles. The summed E-state index contributed by atoms with van der Waals surface area (Å²) in [4.78, 5) is 0. The van der Waals surface area contributed by atoms with Gasteiger partial charge in [-0.1, -0.05) is 6.07 Å². The van der Waals surface area contributed by atoms with Gasteiger partial charge in [-0.15, -0.1) is 0 Å². The van der Waals surface area contributed by atoms with E-state index in [1.807, 2.05) is 37.4 Å². The molecular formula is C13H14INO2. The van der Waals surface area contributed by atoms with Gasteiger partial charge in [0.2, 0.25) is 0 Å². The average Bonchev–Trinajstić information content (AvgIpc) is 2.75. The van der Waals surface area contributed by atoms with E-state index in [0.29, 0.717) is 6.61 Å². The zero-order valence-corrected chi connectivity index (χ0v) is 11.7. The third-order valence-corrected chi connectivity index (χ3v) is 3.04. The summed E-state index contributed by atoms with van der Waals surface area (Å²) < 4.78 is 12.3. The largest absolute Gasteiger partial charge is 0.486 e. The predicted molar refractivity (Wildman–Crippen MR) is 75.0 cm³/mol. The molecule has 0 amide bonds. The molecule has 0 spiro atoms. The van der Waals surface area contributed by atoms with E-state index in [0.717, 1.165) is 27.2 Å². The van der Waals surface area contributed by atoms with E-state index in [-0.39, 0.29) is 0 Å². The Balaban J connectivity index is 1.99. The third-order valence-electron chi connectivity index (χ3n) is 2.37. The molecule has 17 heavy (non-hydrogen) atoms. The van der Waals surface area contributed by atoms with Crippen molar-refractivity contribution in [3.05, 3.63) is 51.5 Å². The SMILES string of the molecule is CNCc1ccoc1COc1cccc(I)c1. The first kappa shape index (κ1) is 12.4. The summed E-state index contributed by atoms with van der Waals surface area (Å²) in [5.74, 6) is 1.74. The summed E-state index contributed by atoms with van der Waals surface area (Å²) in [6.45, 7) is 1.26. The minimum Gasteiger partial charge on any atom is -0.486 e. The standard InChI is InChI=1S/C13H14INO2/c1-15-8-10-5-6-16-13(10)9-17-12-4-2-3-11(14)7-12/h2-7,15H,8-9H2,1H3. The molecule has 3 nitrogen and oxygen atoms in total. The van der Waals surface area contributed by atoms with Crippen LogP contribution in [-0.4, -0.2) is 7.05 Å². The topological polar surface area (TPSA) is 34.4 Å². The molecule has 0 fully saturated rings. The number of hydrogen-bond acceptors (Lipinski definition) is 3. The molecule has 1 aromatic heterocycles. The molecule has 0 bridgehead atoms. The Bertz CT molecular complexity index is 482. The highest BCUT2D eigenvalue weighted by molar-refractivity contribution is 14.1. The van der Waals surface area contributed by atoms with Gasteiger partial charge in [-0.3, -0.25) is 0 Å². The molecular weight excluding hydrogens is 329 g/mol. The molecule has 0 aliphatic carbocycles. The minimum atomic E-state index is 0.462. The molecule has 2 aromatic rings. The van der Waals surface area contributed by atoms with E-state index in [1.54, 1.807) is 6.26 Å². The zero-order chi connectivity index (χ0) is 12.1. The number of hydrogen-bond donors (Lipinski definition) is 1. The van der Waals surface area contributed by atoms with Crippen molar-refractivity contribution in [1.29, 1.82) is 0 Å². The monoisotopic (exact) mass is 343 g/mol. The second-order valence-corrected chi connectivity index (χ2v) is 4.89. The molecule has 4 heteroatoms. The maximum Gasteiger partial charge on any atom is 0.146 e. The Labute approximate surface area is 114 Å².